The van der Waals surface area contributed by atoms with E-state index >= 15 is 0 Å². The molecule has 0 bridgehead atoms. The van der Waals surface area contributed by atoms with E-state index in [9.17, 15) is 0 Å². The Kier molecular flexibility index (Phi) is 1.93. The van der Waals surface area contributed by atoms with Crippen molar-refractivity contribution in [2.24, 2.45) is 0 Å². The molecule has 0 saturated carbocycles. The molecular formula is C9H7NO. The lowest BCUT2D eigenvalue weighted by atomic mass is 10.1. The quantitative estimate of drug-likeness (QED) is 0.655. The molecule has 0 fully saturated rings. The third kappa shape index (κ3) is 1.39. The van der Waals surface area contributed by atoms with Gasteiger partial charge in [0.05, 0.1) is 11.6 Å². The van der Waals surface area contributed by atoms with Crippen LogP contribution in [-0.4, -0.2) is 5.11 Å². The van der Waals surface area contributed by atoms with Crippen molar-refractivity contribution in [2.75, 3.05) is 0 Å². The molecule has 2 nitrogen and oxygen atoms in total. The van der Waals surface area contributed by atoms with Gasteiger partial charge in [-0.1, -0.05) is 18.7 Å². The van der Waals surface area contributed by atoms with Gasteiger partial charge in [0.15, 0.2) is 0 Å². The number of rotatable bonds is 1. The average molecular weight is 145 g/mol. The van der Waals surface area contributed by atoms with Crippen molar-refractivity contribution >= 4 is 6.08 Å². The van der Waals surface area contributed by atoms with E-state index in [2.05, 4.69) is 6.58 Å². The molecule has 0 spiro atoms. The maximum Gasteiger partial charge on any atom is 0.116 e. The highest BCUT2D eigenvalue weighted by atomic mass is 16.3. The summed E-state index contributed by atoms with van der Waals surface area (Å²) in [4.78, 5) is 0. The van der Waals surface area contributed by atoms with Gasteiger partial charge in [0.25, 0.3) is 0 Å². The van der Waals surface area contributed by atoms with Gasteiger partial charge in [-0.25, -0.2) is 0 Å². The molecule has 0 radical (unpaired) electrons. The van der Waals surface area contributed by atoms with Gasteiger partial charge in [-0.3, -0.25) is 0 Å². The Morgan fingerprint density at radius 1 is 1.55 bits per heavy atom. The highest BCUT2D eigenvalue weighted by Gasteiger charge is 1.97. The van der Waals surface area contributed by atoms with Gasteiger partial charge in [0, 0.05) is 0 Å². The second-order valence-electron chi connectivity index (χ2n) is 2.09. The highest BCUT2D eigenvalue weighted by molar-refractivity contribution is 5.58. The molecule has 1 rings (SSSR count). The second-order valence-corrected chi connectivity index (χ2v) is 2.09. The van der Waals surface area contributed by atoms with Gasteiger partial charge in [-0.05, 0) is 17.7 Å². The van der Waals surface area contributed by atoms with E-state index in [4.69, 9.17) is 10.4 Å². The zero-order chi connectivity index (χ0) is 8.27. The number of hydrogen-bond acceptors (Lipinski definition) is 2. The van der Waals surface area contributed by atoms with Crippen molar-refractivity contribution in [3.63, 3.8) is 0 Å². The summed E-state index contributed by atoms with van der Waals surface area (Å²) in [6.45, 7) is 3.54. The van der Waals surface area contributed by atoms with Crippen molar-refractivity contribution in [1.82, 2.24) is 0 Å². The Labute approximate surface area is 65.0 Å². The molecule has 0 amide bonds. The maximum atomic E-state index is 8.98. The molecule has 1 N–H and O–H groups in total. The highest BCUT2D eigenvalue weighted by Crippen LogP contribution is 2.16. The number of nitrogens with zero attached hydrogens (tertiary/aromatic N) is 1. The largest absolute Gasteiger partial charge is 0.508 e. The van der Waals surface area contributed by atoms with Crippen LogP contribution in [0.2, 0.25) is 0 Å². The summed E-state index contributed by atoms with van der Waals surface area (Å²) in [6, 6.07) is 6.55. The van der Waals surface area contributed by atoms with Crippen LogP contribution >= 0.6 is 0 Å². The predicted molar refractivity (Wildman–Crippen MR) is 42.9 cm³/mol. The fourth-order valence-electron chi connectivity index (χ4n) is 0.819. The summed E-state index contributed by atoms with van der Waals surface area (Å²) in [7, 11) is 0. The Bertz CT molecular complexity index is 323. The van der Waals surface area contributed by atoms with Crippen LogP contribution in [0.5, 0.6) is 5.75 Å². The van der Waals surface area contributed by atoms with Crippen LogP contribution in [0.3, 0.4) is 0 Å². The summed E-state index contributed by atoms with van der Waals surface area (Å²) in [6.07, 6.45) is 1.58. The minimum Gasteiger partial charge on any atom is -0.508 e. The number of phenolic OH excluding ortho intramolecular Hbond substituents is 1. The summed E-state index contributed by atoms with van der Waals surface area (Å²) in [5.74, 6) is 0.104. The molecule has 0 saturated heterocycles. The molecule has 54 valence electrons. The number of hydrogen-bond donors (Lipinski definition) is 1. The smallest absolute Gasteiger partial charge is 0.116 e. The normalized spacial score (nSPS) is 8.64. The van der Waals surface area contributed by atoms with Crippen LogP contribution in [0.1, 0.15) is 11.1 Å². The van der Waals surface area contributed by atoms with Gasteiger partial charge >= 0.3 is 0 Å². The molecule has 0 aromatic heterocycles. The number of benzene rings is 1. The summed E-state index contributed by atoms with van der Waals surface area (Å²) in [5, 5.41) is 17.5. The van der Waals surface area contributed by atoms with Crippen molar-refractivity contribution in [2.45, 2.75) is 0 Å². The van der Waals surface area contributed by atoms with E-state index in [0.717, 1.165) is 5.56 Å². The van der Waals surface area contributed by atoms with Crippen LogP contribution in [0.25, 0.3) is 6.08 Å². The van der Waals surface area contributed by atoms with E-state index < -0.39 is 0 Å². The lowest BCUT2D eigenvalue weighted by molar-refractivity contribution is 0.475. The standard InChI is InChI=1S/C9H7NO/c1-2-7-3-4-9(11)5-8(7)6-10/h2-5,11H,1H2. The maximum absolute atomic E-state index is 8.98. The molecule has 1 aromatic carbocycles. The van der Waals surface area contributed by atoms with Gasteiger partial charge < -0.3 is 5.11 Å². The molecule has 0 atom stereocenters. The number of aromatic hydroxyl groups is 1. The third-order valence-electron chi connectivity index (χ3n) is 1.38. The monoisotopic (exact) mass is 145 g/mol. The number of nitriles is 1. The Morgan fingerprint density at radius 3 is 2.82 bits per heavy atom. The minimum absolute atomic E-state index is 0.104. The Hall–Kier alpha value is -1.75. The first-order valence-electron chi connectivity index (χ1n) is 3.13. The topological polar surface area (TPSA) is 44.0 Å². The first kappa shape index (κ1) is 7.36. The lowest BCUT2D eigenvalue weighted by Crippen LogP contribution is -1.79. The van der Waals surface area contributed by atoms with Crippen molar-refractivity contribution in [3.8, 4) is 11.8 Å². The SMILES string of the molecule is C=Cc1ccc(O)cc1C#N. The van der Waals surface area contributed by atoms with Crippen molar-refractivity contribution in [1.29, 1.82) is 5.26 Å². The van der Waals surface area contributed by atoms with Crippen LogP contribution in [-0.2, 0) is 0 Å². The molecule has 0 aliphatic carbocycles. The van der Waals surface area contributed by atoms with Crippen molar-refractivity contribution < 1.29 is 5.11 Å². The Balaban J connectivity index is 3.30. The molecule has 0 aliphatic rings. The third-order valence-corrected chi connectivity index (χ3v) is 1.38. The Morgan fingerprint density at radius 2 is 2.27 bits per heavy atom. The summed E-state index contributed by atoms with van der Waals surface area (Å²) in [5.41, 5.74) is 1.19. The molecule has 0 heterocycles. The summed E-state index contributed by atoms with van der Waals surface area (Å²) < 4.78 is 0. The van der Waals surface area contributed by atoms with Crippen LogP contribution in [0, 0.1) is 11.3 Å². The first-order chi connectivity index (χ1) is 5.27. The van der Waals surface area contributed by atoms with Crippen molar-refractivity contribution in [3.05, 3.63) is 35.9 Å². The molecule has 0 unspecified atom stereocenters. The second kappa shape index (κ2) is 2.89. The van der Waals surface area contributed by atoms with Crippen LogP contribution in [0.4, 0.5) is 0 Å². The van der Waals surface area contributed by atoms with Gasteiger partial charge in [-0.2, -0.15) is 5.26 Å². The summed E-state index contributed by atoms with van der Waals surface area (Å²) >= 11 is 0. The lowest BCUT2D eigenvalue weighted by Gasteiger charge is -1.96. The van der Waals surface area contributed by atoms with Crippen LogP contribution < -0.4 is 0 Å². The molecule has 0 aliphatic heterocycles. The van der Waals surface area contributed by atoms with E-state index in [1.165, 1.54) is 12.1 Å². The molecular weight excluding hydrogens is 138 g/mol. The first-order valence-corrected chi connectivity index (χ1v) is 3.13. The van der Waals surface area contributed by atoms with Gasteiger partial charge in [-0.15, -0.1) is 0 Å². The fourth-order valence-corrected chi connectivity index (χ4v) is 0.819. The zero-order valence-corrected chi connectivity index (χ0v) is 5.91. The van der Waals surface area contributed by atoms with Gasteiger partial charge in [0.2, 0.25) is 0 Å². The van der Waals surface area contributed by atoms with E-state index in [1.54, 1.807) is 12.1 Å². The molecule has 1 aromatic rings. The molecule has 11 heavy (non-hydrogen) atoms. The number of phenols is 1. The minimum atomic E-state index is 0.104. The van der Waals surface area contributed by atoms with E-state index in [0.29, 0.717) is 5.56 Å². The average Bonchev–Trinajstić information content (AvgIpc) is 2.04. The predicted octanol–water partition coefficient (Wildman–Crippen LogP) is 1.91. The fraction of sp³-hybridized carbons (Fsp3) is 0. The molecule has 2 heteroatoms. The van der Waals surface area contributed by atoms with Crippen LogP contribution in [0.15, 0.2) is 24.8 Å². The van der Waals surface area contributed by atoms with E-state index in [-0.39, 0.29) is 5.75 Å². The zero-order valence-electron chi connectivity index (χ0n) is 5.91. The van der Waals surface area contributed by atoms with E-state index in [1.807, 2.05) is 6.07 Å². The van der Waals surface area contributed by atoms with Gasteiger partial charge in [0.1, 0.15) is 5.75 Å².